The third-order valence-electron chi connectivity index (χ3n) is 3.64. The SMILES string of the molecule is CCCOc1ccccc1NC(=O)NCCCN1CCOCC1. The van der Waals surface area contributed by atoms with Crippen molar-refractivity contribution in [3.05, 3.63) is 24.3 Å². The maximum Gasteiger partial charge on any atom is 0.319 e. The second kappa shape index (κ2) is 10.1. The van der Waals surface area contributed by atoms with Gasteiger partial charge in [0.05, 0.1) is 25.5 Å². The first kappa shape index (κ1) is 17.6. The van der Waals surface area contributed by atoms with E-state index in [-0.39, 0.29) is 6.03 Å². The number of hydrogen-bond acceptors (Lipinski definition) is 4. The van der Waals surface area contributed by atoms with E-state index in [4.69, 9.17) is 9.47 Å². The van der Waals surface area contributed by atoms with Crippen LogP contribution in [0.5, 0.6) is 5.75 Å². The predicted molar refractivity (Wildman–Crippen MR) is 91.1 cm³/mol. The Balaban J connectivity index is 1.68. The van der Waals surface area contributed by atoms with Crippen LogP contribution in [-0.2, 0) is 4.74 Å². The molecule has 0 unspecified atom stereocenters. The average molecular weight is 321 g/mol. The molecule has 23 heavy (non-hydrogen) atoms. The molecular weight excluding hydrogens is 294 g/mol. The van der Waals surface area contributed by atoms with E-state index in [1.165, 1.54) is 0 Å². The van der Waals surface area contributed by atoms with Gasteiger partial charge in [-0.05, 0) is 31.5 Å². The molecule has 2 rings (SSSR count). The van der Waals surface area contributed by atoms with Crippen LogP contribution in [0.2, 0.25) is 0 Å². The number of urea groups is 1. The molecule has 1 aromatic rings. The second-order valence-electron chi connectivity index (χ2n) is 5.53. The Morgan fingerprint density at radius 3 is 2.87 bits per heavy atom. The van der Waals surface area contributed by atoms with E-state index < -0.39 is 0 Å². The Hall–Kier alpha value is -1.79. The molecule has 1 saturated heterocycles. The minimum atomic E-state index is -0.195. The Bertz CT molecular complexity index is 476. The summed E-state index contributed by atoms with van der Waals surface area (Å²) in [5.74, 6) is 0.706. The van der Waals surface area contributed by atoms with Crippen molar-refractivity contribution in [3.8, 4) is 5.75 Å². The molecule has 1 fully saturated rings. The van der Waals surface area contributed by atoms with Crippen molar-refractivity contribution in [1.29, 1.82) is 0 Å². The lowest BCUT2D eigenvalue weighted by molar-refractivity contribution is 0.0375. The van der Waals surface area contributed by atoms with E-state index in [1.807, 2.05) is 24.3 Å². The number of rotatable bonds is 8. The van der Waals surface area contributed by atoms with Crippen LogP contribution >= 0.6 is 0 Å². The maximum absolute atomic E-state index is 12.0. The molecule has 1 aromatic carbocycles. The van der Waals surface area contributed by atoms with Gasteiger partial charge in [-0.1, -0.05) is 19.1 Å². The average Bonchev–Trinajstić information content (AvgIpc) is 2.59. The van der Waals surface area contributed by atoms with Crippen LogP contribution in [0.4, 0.5) is 10.5 Å². The lowest BCUT2D eigenvalue weighted by atomic mass is 10.3. The fourth-order valence-electron chi connectivity index (χ4n) is 2.40. The van der Waals surface area contributed by atoms with Gasteiger partial charge < -0.3 is 20.1 Å². The summed E-state index contributed by atoms with van der Waals surface area (Å²) in [6, 6.07) is 7.30. The predicted octanol–water partition coefficient (Wildman–Crippen LogP) is 2.32. The molecule has 0 saturated carbocycles. The van der Waals surface area contributed by atoms with Gasteiger partial charge in [-0.3, -0.25) is 4.90 Å². The van der Waals surface area contributed by atoms with E-state index in [0.717, 1.165) is 45.7 Å². The van der Waals surface area contributed by atoms with Gasteiger partial charge in [0.25, 0.3) is 0 Å². The summed E-state index contributed by atoms with van der Waals surface area (Å²) in [5.41, 5.74) is 0.701. The van der Waals surface area contributed by atoms with Crippen molar-refractivity contribution < 1.29 is 14.3 Å². The van der Waals surface area contributed by atoms with Crippen LogP contribution in [0.15, 0.2) is 24.3 Å². The molecule has 128 valence electrons. The highest BCUT2D eigenvalue weighted by atomic mass is 16.5. The summed E-state index contributed by atoms with van der Waals surface area (Å²) >= 11 is 0. The molecular formula is C17H27N3O3. The van der Waals surface area contributed by atoms with Gasteiger partial charge in [0.15, 0.2) is 0 Å². The van der Waals surface area contributed by atoms with E-state index in [0.29, 0.717) is 24.6 Å². The van der Waals surface area contributed by atoms with Gasteiger partial charge in [0.1, 0.15) is 5.75 Å². The molecule has 1 aliphatic heterocycles. The highest BCUT2D eigenvalue weighted by molar-refractivity contribution is 5.90. The van der Waals surface area contributed by atoms with Crippen molar-refractivity contribution >= 4 is 11.7 Å². The first-order chi connectivity index (χ1) is 11.3. The van der Waals surface area contributed by atoms with Gasteiger partial charge in [0, 0.05) is 19.6 Å². The van der Waals surface area contributed by atoms with E-state index in [2.05, 4.69) is 22.5 Å². The number of nitrogens with one attached hydrogen (secondary N) is 2. The smallest absolute Gasteiger partial charge is 0.319 e. The monoisotopic (exact) mass is 321 g/mol. The molecule has 0 aromatic heterocycles. The standard InChI is InChI=1S/C17H27N3O3/c1-2-12-23-16-7-4-3-6-15(16)19-17(21)18-8-5-9-20-10-13-22-14-11-20/h3-4,6-7H,2,5,8-14H2,1H3,(H2,18,19,21). The van der Waals surface area contributed by atoms with E-state index >= 15 is 0 Å². The van der Waals surface area contributed by atoms with Crippen LogP contribution in [-0.4, -0.2) is 56.9 Å². The molecule has 0 radical (unpaired) electrons. The number of para-hydroxylation sites is 2. The molecule has 0 spiro atoms. The lowest BCUT2D eigenvalue weighted by Crippen LogP contribution is -2.38. The topological polar surface area (TPSA) is 62.8 Å². The molecule has 0 atom stereocenters. The molecule has 6 heteroatoms. The molecule has 2 N–H and O–H groups in total. The van der Waals surface area contributed by atoms with Crippen molar-refractivity contribution in [2.45, 2.75) is 19.8 Å². The number of carbonyl (C=O) groups excluding carboxylic acids is 1. The largest absolute Gasteiger partial charge is 0.491 e. The van der Waals surface area contributed by atoms with Crippen LogP contribution in [0.1, 0.15) is 19.8 Å². The quantitative estimate of drug-likeness (QED) is 0.721. The summed E-state index contributed by atoms with van der Waals surface area (Å²) < 4.78 is 10.9. The fraction of sp³-hybridized carbons (Fsp3) is 0.588. The minimum Gasteiger partial charge on any atom is -0.491 e. The van der Waals surface area contributed by atoms with E-state index in [1.54, 1.807) is 0 Å². The summed E-state index contributed by atoms with van der Waals surface area (Å²) in [6.07, 6.45) is 1.86. The normalized spacial score (nSPS) is 15.2. The Morgan fingerprint density at radius 2 is 2.09 bits per heavy atom. The van der Waals surface area contributed by atoms with Crippen molar-refractivity contribution in [2.24, 2.45) is 0 Å². The number of carbonyl (C=O) groups is 1. The minimum absolute atomic E-state index is 0.195. The molecule has 0 bridgehead atoms. The van der Waals surface area contributed by atoms with E-state index in [9.17, 15) is 4.79 Å². The molecule has 6 nitrogen and oxygen atoms in total. The third kappa shape index (κ3) is 6.46. The number of nitrogens with zero attached hydrogens (tertiary/aromatic N) is 1. The maximum atomic E-state index is 12.0. The van der Waals surface area contributed by atoms with Crippen LogP contribution in [0.3, 0.4) is 0 Å². The van der Waals surface area contributed by atoms with Gasteiger partial charge in [-0.2, -0.15) is 0 Å². The van der Waals surface area contributed by atoms with Gasteiger partial charge >= 0.3 is 6.03 Å². The van der Waals surface area contributed by atoms with Crippen LogP contribution in [0, 0.1) is 0 Å². The second-order valence-corrected chi connectivity index (χ2v) is 5.53. The van der Waals surface area contributed by atoms with Crippen LogP contribution < -0.4 is 15.4 Å². The molecule has 2 amide bonds. The Morgan fingerprint density at radius 1 is 1.30 bits per heavy atom. The number of anilines is 1. The summed E-state index contributed by atoms with van der Waals surface area (Å²) in [6.45, 7) is 7.91. The van der Waals surface area contributed by atoms with Crippen molar-refractivity contribution in [2.75, 3.05) is 51.3 Å². The fourth-order valence-corrected chi connectivity index (χ4v) is 2.40. The van der Waals surface area contributed by atoms with Gasteiger partial charge in [-0.15, -0.1) is 0 Å². The molecule has 0 aliphatic carbocycles. The number of ether oxygens (including phenoxy) is 2. The highest BCUT2D eigenvalue weighted by Crippen LogP contribution is 2.23. The number of amides is 2. The molecule has 1 aliphatic rings. The molecule has 1 heterocycles. The summed E-state index contributed by atoms with van der Waals surface area (Å²) in [5, 5.41) is 5.74. The van der Waals surface area contributed by atoms with Gasteiger partial charge in [-0.25, -0.2) is 4.79 Å². The first-order valence-electron chi connectivity index (χ1n) is 8.36. The van der Waals surface area contributed by atoms with Crippen molar-refractivity contribution in [3.63, 3.8) is 0 Å². The Labute approximate surface area is 138 Å². The van der Waals surface area contributed by atoms with Crippen molar-refractivity contribution in [1.82, 2.24) is 10.2 Å². The summed E-state index contributed by atoms with van der Waals surface area (Å²) in [4.78, 5) is 14.3. The lowest BCUT2D eigenvalue weighted by Gasteiger charge is -2.26. The first-order valence-corrected chi connectivity index (χ1v) is 8.36. The summed E-state index contributed by atoms with van der Waals surface area (Å²) in [7, 11) is 0. The third-order valence-corrected chi connectivity index (χ3v) is 3.64. The zero-order valence-electron chi connectivity index (χ0n) is 13.8. The number of hydrogen-bond donors (Lipinski definition) is 2. The van der Waals surface area contributed by atoms with Crippen LogP contribution in [0.25, 0.3) is 0 Å². The number of benzene rings is 1. The zero-order valence-corrected chi connectivity index (χ0v) is 13.8. The highest BCUT2D eigenvalue weighted by Gasteiger charge is 2.10. The Kier molecular flexibility index (Phi) is 7.69. The van der Waals surface area contributed by atoms with Gasteiger partial charge in [0.2, 0.25) is 0 Å². The number of morpholine rings is 1. The zero-order chi connectivity index (χ0) is 16.3.